The Morgan fingerprint density at radius 1 is 1.20 bits per heavy atom. The van der Waals surface area contributed by atoms with E-state index >= 15 is 0 Å². The van der Waals surface area contributed by atoms with Crippen LogP contribution < -0.4 is 10.6 Å². The van der Waals surface area contributed by atoms with Gasteiger partial charge in [-0.05, 0) is 12.1 Å². The van der Waals surface area contributed by atoms with E-state index in [4.69, 9.17) is 28.3 Å². The summed E-state index contributed by atoms with van der Waals surface area (Å²) in [5.74, 6) is -1.17. The molecule has 2 rings (SSSR count). The zero-order valence-electron chi connectivity index (χ0n) is 9.55. The molecule has 104 valence electrons. The lowest BCUT2D eigenvalue weighted by molar-refractivity contribution is 0.0697. The molecule has 0 atom stereocenters. The van der Waals surface area contributed by atoms with Gasteiger partial charge in [0.25, 0.3) is 0 Å². The minimum atomic E-state index is -1.17. The third-order valence-electron chi connectivity index (χ3n) is 2.13. The number of anilines is 2. The van der Waals surface area contributed by atoms with Crippen molar-refractivity contribution in [2.24, 2.45) is 0 Å². The maximum absolute atomic E-state index is 11.7. The number of carbonyl (C=O) groups is 2. The second-order valence-corrected chi connectivity index (χ2v) is 5.08. The molecular formula is C10H6Cl2N4O3S. The fraction of sp³-hybridized carbons (Fsp3) is 0. The van der Waals surface area contributed by atoms with Crippen molar-refractivity contribution in [1.29, 1.82) is 0 Å². The van der Waals surface area contributed by atoms with Gasteiger partial charge in [-0.3, -0.25) is 5.32 Å². The first-order valence-electron chi connectivity index (χ1n) is 5.05. The van der Waals surface area contributed by atoms with Gasteiger partial charge < -0.3 is 10.4 Å². The third-order valence-corrected chi connectivity index (χ3v) is 3.30. The maximum atomic E-state index is 11.7. The number of carbonyl (C=O) groups excluding carboxylic acids is 1. The number of carboxylic acid groups (broad SMARTS) is 1. The molecular weight excluding hydrogens is 327 g/mol. The molecule has 1 aromatic carbocycles. The monoisotopic (exact) mass is 332 g/mol. The Balaban J connectivity index is 2.17. The lowest BCUT2D eigenvalue weighted by atomic mass is 10.2. The minimum absolute atomic E-state index is 0.0208. The normalized spacial score (nSPS) is 10.1. The molecule has 0 unspecified atom stereocenters. The fourth-order valence-electron chi connectivity index (χ4n) is 1.29. The van der Waals surface area contributed by atoms with E-state index in [2.05, 4.69) is 20.2 Å². The number of aromatic nitrogens is 2. The molecule has 20 heavy (non-hydrogen) atoms. The van der Waals surface area contributed by atoms with Crippen LogP contribution in [-0.2, 0) is 0 Å². The summed E-state index contributed by atoms with van der Waals surface area (Å²) in [5.41, 5.74) is 0.0472. The van der Waals surface area contributed by atoms with Gasteiger partial charge in [-0.2, -0.15) is 0 Å². The molecule has 0 aliphatic heterocycles. The number of aromatic carboxylic acids is 1. The van der Waals surface area contributed by atoms with Crippen molar-refractivity contribution >= 4 is 57.4 Å². The summed E-state index contributed by atoms with van der Waals surface area (Å²) in [6, 6.07) is 1.79. The average molecular weight is 333 g/mol. The van der Waals surface area contributed by atoms with Gasteiger partial charge in [-0.25, -0.2) is 9.59 Å². The Hall–Kier alpha value is -1.90. The van der Waals surface area contributed by atoms with Crippen LogP contribution in [-0.4, -0.2) is 26.7 Å². The number of nitrogens with zero attached hydrogens (tertiary/aromatic N) is 2. The molecule has 2 aromatic rings. The van der Waals surface area contributed by atoms with Crippen molar-refractivity contribution in [3.05, 3.63) is 33.9 Å². The van der Waals surface area contributed by atoms with Crippen molar-refractivity contribution in [2.75, 3.05) is 10.6 Å². The van der Waals surface area contributed by atoms with E-state index in [1.165, 1.54) is 18.3 Å². The molecule has 10 heteroatoms. The zero-order chi connectivity index (χ0) is 14.7. The number of halogens is 2. The highest BCUT2D eigenvalue weighted by atomic mass is 35.5. The number of rotatable bonds is 3. The predicted molar refractivity (Wildman–Crippen MR) is 76.0 cm³/mol. The largest absolute Gasteiger partial charge is 0.478 e. The second-order valence-electron chi connectivity index (χ2n) is 3.48. The zero-order valence-corrected chi connectivity index (χ0v) is 11.9. The van der Waals surface area contributed by atoms with E-state index < -0.39 is 12.0 Å². The Morgan fingerprint density at radius 3 is 2.35 bits per heavy atom. The molecule has 0 aliphatic carbocycles. The van der Waals surface area contributed by atoms with Crippen LogP contribution in [0.3, 0.4) is 0 Å². The van der Waals surface area contributed by atoms with Crippen molar-refractivity contribution in [2.45, 2.75) is 0 Å². The van der Waals surface area contributed by atoms with E-state index in [0.717, 1.165) is 11.5 Å². The first-order valence-corrected chi connectivity index (χ1v) is 6.58. The predicted octanol–water partition coefficient (Wildman–Crippen LogP) is 3.19. The maximum Gasteiger partial charge on any atom is 0.335 e. The van der Waals surface area contributed by atoms with Crippen LogP contribution in [0.5, 0.6) is 0 Å². The molecule has 2 amide bonds. The van der Waals surface area contributed by atoms with Gasteiger partial charge in [-0.1, -0.05) is 27.7 Å². The van der Waals surface area contributed by atoms with Gasteiger partial charge in [0, 0.05) is 11.5 Å². The van der Waals surface area contributed by atoms with E-state index in [0.29, 0.717) is 5.00 Å². The molecule has 0 radical (unpaired) electrons. The van der Waals surface area contributed by atoms with E-state index in [9.17, 15) is 9.59 Å². The van der Waals surface area contributed by atoms with Crippen LogP contribution in [0.1, 0.15) is 10.4 Å². The number of carboxylic acids is 1. The van der Waals surface area contributed by atoms with Gasteiger partial charge in [-0.15, -0.1) is 5.10 Å². The number of hydrogen-bond donors (Lipinski definition) is 3. The summed E-state index contributed by atoms with van der Waals surface area (Å²) in [6.07, 6.45) is 1.38. The van der Waals surface area contributed by atoms with Gasteiger partial charge in [0.05, 0.1) is 27.5 Å². The second kappa shape index (κ2) is 6.04. The first-order chi connectivity index (χ1) is 9.47. The minimum Gasteiger partial charge on any atom is -0.478 e. The molecule has 0 saturated heterocycles. The van der Waals surface area contributed by atoms with Crippen LogP contribution in [0.15, 0.2) is 18.3 Å². The molecule has 0 aliphatic rings. The molecule has 0 spiro atoms. The van der Waals surface area contributed by atoms with Crippen LogP contribution >= 0.6 is 34.7 Å². The number of hydrogen-bond acceptors (Lipinski definition) is 5. The van der Waals surface area contributed by atoms with Gasteiger partial charge in [0.2, 0.25) is 0 Å². The number of benzene rings is 1. The summed E-state index contributed by atoms with van der Waals surface area (Å²) in [4.78, 5) is 22.5. The summed E-state index contributed by atoms with van der Waals surface area (Å²) in [7, 11) is 0. The van der Waals surface area contributed by atoms with Gasteiger partial charge >= 0.3 is 12.0 Å². The highest BCUT2D eigenvalue weighted by Gasteiger charge is 2.14. The molecule has 1 heterocycles. The molecule has 1 aromatic heterocycles. The van der Waals surface area contributed by atoms with Crippen molar-refractivity contribution in [1.82, 2.24) is 9.59 Å². The van der Waals surface area contributed by atoms with Crippen LogP contribution in [0.2, 0.25) is 10.0 Å². The summed E-state index contributed by atoms with van der Waals surface area (Å²) < 4.78 is 3.58. The molecule has 7 nitrogen and oxygen atoms in total. The van der Waals surface area contributed by atoms with Crippen molar-refractivity contribution < 1.29 is 14.7 Å². The number of amides is 2. The summed E-state index contributed by atoms with van der Waals surface area (Å²) in [5, 5.41) is 17.8. The Kier molecular flexibility index (Phi) is 4.38. The van der Waals surface area contributed by atoms with Gasteiger partial charge in [0.1, 0.15) is 5.00 Å². The first kappa shape index (κ1) is 14.5. The Morgan fingerprint density at radius 2 is 1.85 bits per heavy atom. The molecule has 3 N–H and O–H groups in total. The topological polar surface area (TPSA) is 104 Å². The Labute approximate surface area is 126 Å². The standard InChI is InChI=1S/C10H6Cl2N4O3S/c11-5-1-4(9(17)18)2-6(12)8(5)15-10(19)14-7-3-13-16-20-7/h1-3H,(H,17,18)(H2,14,15,19). The highest BCUT2D eigenvalue weighted by Crippen LogP contribution is 2.32. The van der Waals surface area contributed by atoms with Crippen molar-refractivity contribution in [3.8, 4) is 0 Å². The molecule has 0 fully saturated rings. The summed E-state index contributed by atoms with van der Waals surface area (Å²) >= 11 is 12.8. The third kappa shape index (κ3) is 3.35. The van der Waals surface area contributed by atoms with Crippen LogP contribution in [0.4, 0.5) is 15.5 Å². The fourth-order valence-corrected chi connectivity index (χ4v) is 2.29. The van der Waals surface area contributed by atoms with E-state index in [1.54, 1.807) is 0 Å². The highest BCUT2D eigenvalue weighted by molar-refractivity contribution is 7.10. The van der Waals surface area contributed by atoms with Gasteiger partial charge in [0.15, 0.2) is 0 Å². The number of urea groups is 1. The molecule has 0 saturated carbocycles. The lowest BCUT2D eigenvalue weighted by Crippen LogP contribution is -2.19. The summed E-state index contributed by atoms with van der Waals surface area (Å²) in [6.45, 7) is 0. The van der Waals surface area contributed by atoms with Crippen molar-refractivity contribution in [3.63, 3.8) is 0 Å². The Bertz CT molecular complexity index is 640. The lowest BCUT2D eigenvalue weighted by Gasteiger charge is -2.10. The van der Waals surface area contributed by atoms with Crippen LogP contribution in [0.25, 0.3) is 0 Å². The SMILES string of the molecule is O=C(Nc1cnns1)Nc1c(Cl)cc(C(=O)O)cc1Cl. The van der Waals surface area contributed by atoms with E-state index in [1.807, 2.05) is 0 Å². The number of nitrogens with one attached hydrogen (secondary N) is 2. The quantitative estimate of drug-likeness (QED) is 0.800. The van der Waals surface area contributed by atoms with Crippen LogP contribution in [0, 0.1) is 0 Å². The average Bonchev–Trinajstić information content (AvgIpc) is 2.86. The molecule has 0 bridgehead atoms. The van der Waals surface area contributed by atoms with E-state index in [-0.39, 0.29) is 21.3 Å². The smallest absolute Gasteiger partial charge is 0.335 e.